The summed E-state index contributed by atoms with van der Waals surface area (Å²) in [4.78, 5) is 40.0. The van der Waals surface area contributed by atoms with Gasteiger partial charge in [0.1, 0.15) is 17.3 Å². The molecule has 0 saturated carbocycles. The molecule has 0 bridgehead atoms. The van der Waals surface area contributed by atoms with E-state index < -0.39 is 47.2 Å². The van der Waals surface area contributed by atoms with Gasteiger partial charge in [0.15, 0.2) is 12.4 Å². The summed E-state index contributed by atoms with van der Waals surface area (Å²) in [5.41, 5.74) is -5.09. The zero-order valence-electron chi connectivity index (χ0n) is 19.4. The van der Waals surface area contributed by atoms with Crippen molar-refractivity contribution in [1.29, 1.82) is 0 Å². The number of aromatic nitrogens is 3. The van der Waals surface area contributed by atoms with Crippen LogP contribution in [0.2, 0.25) is 5.02 Å². The van der Waals surface area contributed by atoms with Crippen molar-refractivity contribution in [2.24, 2.45) is 7.05 Å². The maximum absolute atomic E-state index is 14.7. The number of hydrogen-bond acceptors (Lipinski definition) is 7. The quantitative estimate of drug-likeness (QED) is 0.347. The number of nitrogens with zero attached hydrogens (tertiary/aromatic N) is 3. The van der Waals surface area contributed by atoms with Gasteiger partial charge in [-0.3, -0.25) is 9.36 Å². The van der Waals surface area contributed by atoms with Crippen LogP contribution in [0, 0.1) is 5.82 Å². The highest BCUT2D eigenvalue weighted by atomic mass is 35.5. The SMILES string of the molecule is CC.COC(=O)COc1ncccc1Oc1cc(-n2c(=O)cc(C(F)(F)F)n(C)c2=O)c(F)cc1Cl. The summed E-state index contributed by atoms with van der Waals surface area (Å²) in [6.07, 6.45) is -3.66. The van der Waals surface area contributed by atoms with Gasteiger partial charge >= 0.3 is 17.8 Å². The van der Waals surface area contributed by atoms with Crippen molar-refractivity contribution < 1.29 is 36.6 Å². The molecular formula is C22H20ClF4N3O6. The van der Waals surface area contributed by atoms with Crippen LogP contribution >= 0.6 is 11.6 Å². The summed E-state index contributed by atoms with van der Waals surface area (Å²) >= 11 is 6.02. The minimum absolute atomic E-state index is 0.0847. The second-order valence-electron chi connectivity index (χ2n) is 6.55. The van der Waals surface area contributed by atoms with Crippen molar-refractivity contribution in [3.63, 3.8) is 0 Å². The van der Waals surface area contributed by atoms with Gasteiger partial charge in [-0.05, 0) is 18.2 Å². The summed E-state index contributed by atoms with van der Waals surface area (Å²) in [5.74, 6) is -2.43. The number of methoxy groups -OCH3 is 1. The molecular weight excluding hydrogens is 514 g/mol. The predicted molar refractivity (Wildman–Crippen MR) is 120 cm³/mol. The molecule has 0 aliphatic rings. The van der Waals surface area contributed by atoms with Gasteiger partial charge in [-0.25, -0.2) is 23.5 Å². The molecule has 194 valence electrons. The Morgan fingerprint density at radius 3 is 2.42 bits per heavy atom. The molecule has 3 aromatic rings. The van der Waals surface area contributed by atoms with Gasteiger partial charge in [0, 0.05) is 25.4 Å². The van der Waals surface area contributed by atoms with Crippen LogP contribution in [0.1, 0.15) is 19.5 Å². The van der Waals surface area contributed by atoms with Gasteiger partial charge in [-0.15, -0.1) is 0 Å². The Morgan fingerprint density at radius 1 is 1.14 bits per heavy atom. The van der Waals surface area contributed by atoms with Crippen molar-refractivity contribution in [3.8, 4) is 23.1 Å². The van der Waals surface area contributed by atoms with Crippen LogP contribution in [0.3, 0.4) is 0 Å². The monoisotopic (exact) mass is 533 g/mol. The molecule has 0 fully saturated rings. The molecule has 36 heavy (non-hydrogen) atoms. The van der Waals surface area contributed by atoms with E-state index in [1.807, 2.05) is 13.8 Å². The molecule has 0 saturated heterocycles. The molecule has 2 heterocycles. The molecule has 0 unspecified atom stereocenters. The number of esters is 1. The first-order valence-electron chi connectivity index (χ1n) is 10.2. The molecule has 0 atom stereocenters. The van der Waals surface area contributed by atoms with E-state index in [9.17, 15) is 31.9 Å². The lowest BCUT2D eigenvalue weighted by molar-refractivity contribution is -0.144. The third-order valence-corrected chi connectivity index (χ3v) is 4.66. The van der Waals surface area contributed by atoms with E-state index in [0.29, 0.717) is 6.07 Å². The van der Waals surface area contributed by atoms with Gasteiger partial charge in [0.25, 0.3) is 11.4 Å². The Hall–Kier alpha value is -3.87. The number of hydrogen-bond donors (Lipinski definition) is 0. The van der Waals surface area contributed by atoms with E-state index in [2.05, 4.69) is 9.72 Å². The highest BCUT2D eigenvalue weighted by Gasteiger charge is 2.35. The number of alkyl halides is 3. The number of halogens is 5. The Kier molecular flexibility index (Phi) is 9.23. The van der Waals surface area contributed by atoms with Gasteiger partial charge in [0.05, 0.1) is 17.8 Å². The summed E-state index contributed by atoms with van der Waals surface area (Å²) in [5, 5.41) is -0.305. The molecule has 1 aromatic carbocycles. The molecule has 2 aromatic heterocycles. The topological polar surface area (TPSA) is 102 Å². The fourth-order valence-electron chi connectivity index (χ4n) is 2.75. The van der Waals surface area contributed by atoms with Gasteiger partial charge in [-0.1, -0.05) is 25.4 Å². The Balaban J connectivity index is 0.00000222. The number of ether oxygens (including phenoxy) is 3. The third-order valence-electron chi connectivity index (χ3n) is 4.36. The van der Waals surface area contributed by atoms with Crippen molar-refractivity contribution in [2.45, 2.75) is 20.0 Å². The predicted octanol–water partition coefficient (Wildman–Crippen LogP) is 4.11. The number of pyridine rings is 1. The van der Waals surface area contributed by atoms with Gasteiger partial charge in [-0.2, -0.15) is 13.2 Å². The van der Waals surface area contributed by atoms with Gasteiger partial charge < -0.3 is 14.2 Å². The molecule has 14 heteroatoms. The summed E-state index contributed by atoms with van der Waals surface area (Å²) in [6.45, 7) is 3.49. The second kappa shape index (κ2) is 11.7. The van der Waals surface area contributed by atoms with Crippen LogP contribution in [-0.4, -0.2) is 33.8 Å². The van der Waals surface area contributed by atoms with Crippen molar-refractivity contribution >= 4 is 17.6 Å². The number of rotatable bonds is 6. The molecule has 0 aliphatic heterocycles. The molecule has 3 rings (SSSR count). The fourth-order valence-corrected chi connectivity index (χ4v) is 2.94. The minimum atomic E-state index is -4.99. The zero-order valence-corrected chi connectivity index (χ0v) is 20.1. The molecule has 0 spiro atoms. The van der Waals surface area contributed by atoms with E-state index in [0.717, 1.165) is 20.2 Å². The molecule has 0 amide bonds. The number of carbonyl (C=O) groups is 1. The zero-order chi connectivity index (χ0) is 27.2. The first kappa shape index (κ1) is 28.4. The summed E-state index contributed by atoms with van der Waals surface area (Å²) in [7, 11) is 1.93. The lowest BCUT2D eigenvalue weighted by Crippen LogP contribution is -2.41. The smallest absolute Gasteiger partial charge is 0.431 e. The van der Waals surface area contributed by atoms with Crippen LogP contribution in [0.15, 0.2) is 46.1 Å². The molecule has 9 nitrogen and oxygen atoms in total. The Labute approximate surface area is 206 Å². The van der Waals surface area contributed by atoms with Crippen LogP contribution < -0.4 is 20.7 Å². The second-order valence-corrected chi connectivity index (χ2v) is 6.96. The Morgan fingerprint density at radius 2 is 1.81 bits per heavy atom. The van der Waals surface area contributed by atoms with Crippen molar-refractivity contribution in [1.82, 2.24) is 14.1 Å². The first-order chi connectivity index (χ1) is 16.9. The number of benzene rings is 1. The standard InChI is InChI=1S/C20H14ClF4N3O6.C2H6/c1-27-15(20(23,24)25)8-16(29)28(19(27)31)12-7-14(10(21)6-11(12)22)34-13-4-3-5-26-18(13)33-9-17(30)32-2;1-2/h3-8H,9H2,1-2H3;1-2H3. The number of carbonyl (C=O) groups excluding carboxylic acids is 1. The highest BCUT2D eigenvalue weighted by Crippen LogP contribution is 2.36. The highest BCUT2D eigenvalue weighted by molar-refractivity contribution is 6.32. The van der Waals surface area contributed by atoms with E-state index in [-0.39, 0.29) is 37.6 Å². The average molecular weight is 534 g/mol. The van der Waals surface area contributed by atoms with E-state index >= 15 is 0 Å². The van der Waals surface area contributed by atoms with Crippen LogP contribution in [0.5, 0.6) is 17.4 Å². The average Bonchev–Trinajstić information content (AvgIpc) is 2.83. The van der Waals surface area contributed by atoms with Crippen LogP contribution in [0.25, 0.3) is 5.69 Å². The van der Waals surface area contributed by atoms with Gasteiger partial charge in [0.2, 0.25) is 0 Å². The van der Waals surface area contributed by atoms with Crippen molar-refractivity contribution in [3.05, 3.63) is 73.9 Å². The Bertz CT molecular complexity index is 1370. The van der Waals surface area contributed by atoms with E-state index in [1.54, 1.807) is 0 Å². The normalized spacial score (nSPS) is 10.8. The summed E-state index contributed by atoms with van der Waals surface area (Å²) < 4.78 is 69.5. The summed E-state index contributed by atoms with van der Waals surface area (Å²) in [6, 6.07) is 4.53. The van der Waals surface area contributed by atoms with Crippen LogP contribution in [0.4, 0.5) is 17.6 Å². The minimum Gasteiger partial charge on any atom is -0.466 e. The fraction of sp³-hybridized carbons (Fsp3) is 0.273. The van der Waals surface area contributed by atoms with E-state index in [4.69, 9.17) is 21.1 Å². The molecule has 0 aliphatic carbocycles. The first-order valence-corrected chi connectivity index (χ1v) is 10.5. The maximum Gasteiger partial charge on any atom is 0.431 e. The van der Waals surface area contributed by atoms with E-state index in [1.165, 1.54) is 18.3 Å². The molecule has 0 radical (unpaired) electrons. The van der Waals surface area contributed by atoms with Crippen LogP contribution in [-0.2, 0) is 22.8 Å². The maximum atomic E-state index is 14.7. The van der Waals surface area contributed by atoms with Crippen molar-refractivity contribution in [2.75, 3.05) is 13.7 Å². The largest absolute Gasteiger partial charge is 0.466 e. The lowest BCUT2D eigenvalue weighted by atomic mass is 10.2. The lowest BCUT2D eigenvalue weighted by Gasteiger charge is -2.16. The third kappa shape index (κ3) is 6.22. The molecule has 0 N–H and O–H groups in total.